The second-order valence-electron chi connectivity index (χ2n) is 5.38. The Morgan fingerprint density at radius 2 is 2.24 bits per heavy atom. The molecule has 1 aromatic rings. The highest BCUT2D eigenvalue weighted by atomic mass is 32.2. The number of nitrogens with one attached hydrogen (secondary N) is 1. The molecule has 2 heterocycles. The second-order valence-corrected chi connectivity index (χ2v) is 7.57. The van der Waals surface area contributed by atoms with E-state index >= 15 is 0 Å². The van der Waals surface area contributed by atoms with Gasteiger partial charge in [-0.15, -0.1) is 0 Å². The molecule has 0 radical (unpaired) electrons. The normalized spacial score (nSPS) is 24.0. The first-order valence-electron chi connectivity index (χ1n) is 6.65. The zero-order valence-electron chi connectivity index (χ0n) is 12.3. The standard InChI is InChI=1S/C12H20N4O4S/c1-4-14-10-8(11(17)20-3)9(13)16(15-10)12(2)5-6-21(18,19)7-12/h4-7,13H2,1-3H3,(H,14,15). The first-order valence-corrected chi connectivity index (χ1v) is 8.48. The van der Waals surface area contributed by atoms with Gasteiger partial charge in [-0.2, -0.15) is 5.10 Å². The van der Waals surface area contributed by atoms with Crippen molar-refractivity contribution in [3.63, 3.8) is 0 Å². The van der Waals surface area contributed by atoms with E-state index in [1.165, 1.54) is 11.8 Å². The largest absolute Gasteiger partial charge is 0.465 e. The summed E-state index contributed by atoms with van der Waals surface area (Å²) < 4.78 is 29.7. The summed E-state index contributed by atoms with van der Waals surface area (Å²) in [4.78, 5) is 11.9. The van der Waals surface area contributed by atoms with E-state index < -0.39 is 21.3 Å². The molecule has 1 aliphatic rings. The molecule has 1 atom stereocenters. The number of nitrogens with two attached hydrogens (primary N) is 1. The van der Waals surface area contributed by atoms with Crippen LogP contribution in [0.3, 0.4) is 0 Å². The van der Waals surface area contributed by atoms with Crippen LogP contribution in [0.15, 0.2) is 0 Å². The zero-order chi connectivity index (χ0) is 15.8. The number of anilines is 2. The van der Waals surface area contributed by atoms with Gasteiger partial charge in [0.2, 0.25) is 0 Å². The predicted octanol–water partition coefficient (Wildman–Crippen LogP) is 0.217. The smallest absolute Gasteiger partial charge is 0.345 e. The van der Waals surface area contributed by atoms with Crippen LogP contribution in [0.25, 0.3) is 0 Å². The van der Waals surface area contributed by atoms with Crippen LogP contribution in [0.4, 0.5) is 11.6 Å². The van der Waals surface area contributed by atoms with Crippen molar-refractivity contribution in [3.8, 4) is 0 Å². The van der Waals surface area contributed by atoms with Crippen LogP contribution in [0.5, 0.6) is 0 Å². The molecule has 0 aliphatic carbocycles. The van der Waals surface area contributed by atoms with Crippen LogP contribution >= 0.6 is 0 Å². The lowest BCUT2D eigenvalue weighted by Crippen LogP contribution is -2.33. The Morgan fingerprint density at radius 1 is 1.57 bits per heavy atom. The van der Waals surface area contributed by atoms with Gasteiger partial charge in [-0.3, -0.25) is 0 Å². The lowest BCUT2D eigenvalue weighted by molar-refractivity contribution is 0.0603. The Hall–Kier alpha value is -1.77. The molecular weight excluding hydrogens is 296 g/mol. The number of hydrogen-bond acceptors (Lipinski definition) is 7. The number of nitrogen functional groups attached to an aromatic ring is 1. The SMILES string of the molecule is CCNc1nn(C2(C)CCS(=O)(=O)C2)c(N)c1C(=O)OC. The van der Waals surface area contributed by atoms with Crippen molar-refractivity contribution in [1.82, 2.24) is 9.78 Å². The van der Waals surface area contributed by atoms with Gasteiger partial charge in [0.1, 0.15) is 11.4 Å². The number of esters is 1. The number of carbonyl (C=O) groups is 1. The van der Waals surface area contributed by atoms with E-state index in [0.717, 1.165) is 0 Å². The fourth-order valence-corrected chi connectivity index (χ4v) is 4.71. The Bertz CT molecular complexity index is 667. The van der Waals surface area contributed by atoms with E-state index in [4.69, 9.17) is 10.5 Å². The van der Waals surface area contributed by atoms with Gasteiger partial charge >= 0.3 is 5.97 Å². The summed E-state index contributed by atoms with van der Waals surface area (Å²) in [5, 5.41) is 7.25. The van der Waals surface area contributed by atoms with Crippen LogP contribution in [-0.4, -0.2) is 49.3 Å². The molecular formula is C12H20N4O4S. The summed E-state index contributed by atoms with van der Waals surface area (Å²) in [7, 11) is -1.85. The van der Waals surface area contributed by atoms with E-state index in [1.54, 1.807) is 6.92 Å². The van der Waals surface area contributed by atoms with Crippen molar-refractivity contribution in [3.05, 3.63) is 5.56 Å². The van der Waals surface area contributed by atoms with Crippen LogP contribution < -0.4 is 11.1 Å². The summed E-state index contributed by atoms with van der Waals surface area (Å²) in [6.45, 7) is 4.19. The first kappa shape index (κ1) is 15.6. The summed E-state index contributed by atoms with van der Waals surface area (Å²) in [6, 6.07) is 0. The Labute approximate surface area is 123 Å². The highest BCUT2D eigenvalue weighted by Gasteiger charge is 2.43. The molecule has 1 unspecified atom stereocenters. The topological polar surface area (TPSA) is 116 Å². The minimum atomic E-state index is -3.11. The van der Waals surface area contributed by atoms with Gasteiger partial charge in [0.15, 0.2) is 15.7 Å². The number of ether oxygens (including phenoxy) is 1. The zero-order valence-corrected chi connectivity index (χ0v) is 13.2. The summed E-state index contributed by atoms with van der Waals surface area (Å²) >= 11 is 0. The Kier molecular flexibility index (Phi) is 3.87. The molecule has 9 heteroatoms. The maximum absolute atomic E-state index is 11.9. The lowest BCUT2D eigenvalue weighted by Gasteiger charge is -2.24. The highest BCUT2D eigenvalue weighted by molar-refractivity contribution is 7.91. The number of carbonyl (C=O) groups excluding carboxylic acids is 1. The molecule has 3 N–H and O–H groups in total. The number of nitrogens with zero attached hydrogens (tertiary/aromatic N) is 2. The quantitative estimate of drug-likeness (QED) is 0.763. The van der Waals surface area contributed by atoms with E-state index in [-0.39, 0.29) is 22.9 Å². The predicted molar refractivity (Wildman–Crippen MR) is 79.1 cm³/mol. The Balaban J connectivity index is 2.53. The van der Waals surface area contributed by atoms with E-state index in [2.05, 4.69) is 10.4 Å². The molecule has 0 aromatic carbocycles. The number of aromatic nitrogens is 2. The van der Waals surface area contributed by atoms with Crippen LogP contribution in [0, 0.1) is 0 Å². The van der Waals surface area contributed by atoms with Crippen molar-refractivity contribution >= 4 is 27.4 Å². The van der Waals surface area contributed by atoms with Crippen LogP contribution in [0.1, 0.15) is 30.6 Å². The van der Waals surface area contributed by atoms with E-state index in [1.807, 2.05) is 6.92 Å². The van der Waals surface area contributed by atoms with E-state index in [9.17, 15) is 13.2 Å². The maximum Gasteiger partial charge on any atom is 0.345 e. The number of rotatable bonds is 4. The number of methoxy groups -OCH3 is 1. The van der Waals surface area contributed by atoms with Gasteiger partial charge in [0.25, 0.3) is 0 Å². The monoisotopic (exact) mass is 316 g/mol. The third-order valence-electron chi connectivity index (χ3n) is 3.65. The molecule has 0 spiro atoms. The van der Waals surface area contributed by atoms with Gasteiger partial charge in [0, 0.05) is 6.54 Å². The summed E-state index contributed by atoms with van der Waals surface area (Å²) in [5.74, 6) is -0.116. The fraction of sp³-hybridized carbons (Fsp3) is 0.667. The van der Waals surface area contributed by atoms with Crippen molar-refractivity contribution in [2.75, 3.05) is 36.2 Å². The summed E-state index contributed by atoms with van der Waals surface area (Å²) in [5.41, 5.74) is 5.42. The van der Waals surface area contributed by atoms with Gasteiger partial charge in [-0.05, 0) is 20.3 Å². The molecule has 8 nitrogen and oxygen atoms in total. The minimum absolute atomic E-state index is 0.0436. The van der Waals surface area contributed by atoms with Gasteiger partial charge in [0.05, 0.1) is 24.2 Å². The molecule has 1 fully saturated rings. The highest BCUT2D eigenvalue weighted by Crippen LogP contribution is 2.35. The Morgan fingerprint density at radius 3 is 2.71 bits per heavy atom. The molecule has 0 amide bonds. The van der Waals surface area contributed by atoms with Crippen molar-refractivity contribution in [1.29, 1.82) is 0 Å². The molecule has 1 aliphatic heterocycles. The third-order valence-corrected chi connectivity index (χ3v) is 5.54. The van der Waals surface area contributed by atoms with Crippen LogP contribution in [-0.2, 0) is 20.1 Å². The molecule has 0 bridgehead atoms. The number of sulfone groups is 1. The van der Waals surface area contributed by atoms with Crippen molar-refractivity contribution < 1.29 is 17.9 Å². The minimum Gasteiger partial charge on any atom is -0.465 e. The van der Waals surface area contributed by atoms with Gasteiger partial charge < -0.3 is 15.8 Å². The third kappa shape index (κ3) is 2.69. The average molecular weight is 316 g/mol. The van der Waals surface area contributed by atoms with Crippen molar-refractivity contribution in [2.24, 2.45) is 0 Å². The summed E-state index contributed by atoms with van der Waals surface area (Å²) in [6.07, 6.45) is 0.410. The van der Waals surface area contributed by atoms with Gasteiger partial charge in [-0.25, -0.2) is 17.9 Å². The average Bonchev–Trinajstić information content (AvgIpc) is 2.88. The molecule has 118 valence electrons. The fourth-order valence-electron chi connectivity index (χ4n) is 2.60. The van der Waals surface area contributed by atoms with Crippen LogP contribution in [0.2, 0.25) is 0 Å². The lowest BCUT2D eigenvalue weighted by atomic mass is 10.0. The van der Waals surface area contributed by atoms with E-state index in [0.29, 0.717) is 18.8 Å². The molecule has 21 heavy (non-hydrogen) atoms. The second kappa shape index (κ2) is 5.21. The maximum atomic E-state index is 11.9. The molecule has 2 rings (SSSR count). The van der Waals surface area contributed by atoms with Crippen molar-refractivity contribution in [2.45, 2.75) is 25.8 Å². The first-order chi connectivity index (χ1) is 9.74. The van der Waals surface area contributed by atoms with Gasteiger partial charge in [-0.1, -0.05) is 0 Å². The molecule has 1 saturated heterocycles. The molecule has 0 saturated carbocycles. The number of hydrogen-bond donors (Lipinski definition) is 2. The molecule has 1 aromatic heterocycles.